The normalized spacial score (nSPS) is 13.7. The van der Waals surface area contributed by atoms with Gasteiger partial charge in [-0.2, -0.15) is 5.10 Å². The van der Waals surface area contributed by atoms with Crippen LogP contribution in [-0.4, -0.2) is 63.2 Å². The number of rotatable bonds is 7. The lowest BCUT2D eigenvalue weighted by molar-refractivity contribution is -0.126. The fourth-order valence-corrected chi connectivity index (χ4v) is 3.67. The number of nitrogens with one attached hydrogen (secondary N) is 1. The molecule has 0 radical (unpaired) electrons. The third-order valence-electron chi connectivity index (χ3n) is 4.33. The smallest absolute Gasteiger partial charge is 0.342 e. The number of thioether (sulfide) groups is 1. The van der Waals surface area contributed by atoms with Gasteiger partial charge in [0.2, 0.25) is 5.91 Å². The molecule has 2 aromatic rings. The number of esters is 1. The van der Waals surface area contributed by atoms with E-state index >= 15 is 0 Å². The van der Waals surface area contributed by atoms with Crippen LogP contribution in [0.15, 0.2) is 30.3 Å². The van der Waals surface area contributed by atoms with Crippen LogP contribution in [0.4, 0.5) is 4.79 Å². The first-order valence-corrected chi connectivity index (χ1v) is 9.89. The molecule has 0 bridgehead atoms. The van der Waals surface area contributed by atoms with Crippen molar-refractivity contribution in [1.29, 1.82) is 0 Å². The van der Waals surface area contributed by atoms with Gasteiger partial charge in [-0.05, 0) is 26.0 Å². The van der Waals surface area contributed by atoms with Gasteiger partial charge in [-0.15, -0.1) is 0 Å². The Morgan fingerprint density at radius 2 is 1.93 bits per heavy atom. The topological polar surface area (TPSA) is 111 Å². The van der Waals surface area contributed by atoms with Crippen molar-refractivity contribution >= 4 is 34.8 Å². The summed E-state index contributed by atoms with van der Waals surface area (Å²) in [6, 6.07) is 9.37. The number of aryl methyl sites for hydroxylation is 1. The van der Waals surface area contributed by atoms with E-state index in [4.69, 9.17) is 4.74 Å². The molecule has 1 N–H and O–H groups in total. The van der Waals surface area contributed by atoms with Crippen LogP contribution < -0.4 is 5.32 Å². The highest BCUT2D eigenvalue weighted by Gasteiger charge is 2.29. The van der Waals surface area contributed by atoms with Crippen molar-refractivity contribution in [2.75, 3.05) is 25.4 Å². The molecule has 0 atom stereocenters. The Morgan fingerprint density at radius 1 is 1.21 bits per heavy atom. The number of benzene rings is 1. The minimum absolute atomic E-state index is 0.0897. The zero-order valence-corrected chi connectivity index (χ0v) is 16.8. The van der Waals surface area contributed by atoms with E-state index in [1.165, 1.54) is 0 Å². The number of imide groups is 1. The second kappa shape index (κ2) is 8.91. The monoisotopic (exact) mass is 416 g/mol. The lowest BCUT2D eigenvalue weighted by Gasteiger charge is -2.13. The first-order chi connectivity index (χ1) is 13.9. The molecule has 9 nitrogen and oxygen atoms in total. The highest BCUT2D eigenvalue weighted by molar-refractivity contribution is 8.14. The van der Waals surface area contributed by atoms with E-state index in [1.807, 2.05) is 30.3 Å². The summed E-state index contributed by atoms with van der Waals surface area (Å²) in [6.07, 6.45) is 0. The zero-order chi connectivity index (χ0) is 21.0. The third-order valence-corrected chi connectivity index (χ3v) is 5.19. The predicted molar refractivity (Wildman–Crippen MR) is 106 cm³/mol. The van der Waals surface area contributed by atoms with Crippen LogP contribution >= 0.6 is 11.8 Å². The lowest BCUT2D eigenvalue weighted by Crippen LogP contribution is -2.38. The van der Waals surface area contributed by atoms with Gasteiger partial charge < -0.3 is 10.1 Å². The van der Waals surface area contributed by atoms with E-state index in [0.717, 1.165) is 22.3 Å². The average molecular weight is 416 g/mol. The number of carbonyl (C=O) groups is 4. The fraction of sp³-hybridized carbons (Fsp3) is 0.316. The maximum Gasteiger partial charge on any atom is 0.342 e. The van der Waals surface area contributed by atoms with Crippen molar-refractivity contribution in [2.45, 2.75) is 13.8 Å². The number of carbonyl (C=O) groups excluding carboxylic acids is 4. The van der Waals surface area contributed by atoms with Crippen LogP contribution in [0.5, 0.6) is 0 Å². The molecule has 2 heterocycles. The predicted octanol–water partition coefficient (Wildman–Crippen LogP) is 1.46. The molecule has 1 aliphatic heterocycles. The average Bonchev–Trinajstić information content (AvgIpc) is 3.19. The molecule has 152 valence electrons. The largest absolute Gasteiger partial charge is 0.452 e. The first-order valence-electron chi connectivity index (χ1n) is 8.91. The van der Waals surface area contributed by atoms with Crippen LogP contribution in [0.3, 0.4) is 0 Å². The summed E-state index contributed by atoms with van der Waals surface area (Å²) in [5, 5.41) is 6.58. The van der Waals surface area contributed by atoms with Crippen molar-refractivity contribution in [1.82, 2.24) is 20.0 Å². The number of hydrogen-bond donors (Lipinski definition) is 1. The Hall–Kier alpha value is -3.14. The van der Waals surface area contributed by atoms with Crippen molar-refractivity contribution in [3.05, 3.63) is 47.3 Å². The number of hydrogen-bond acceptors (Lipinski definition) is 7. The number of aromatic nitrogens is 2. The Labute approximate surface area is 171 Å². The van der Waals surface area contributed by atoms with Crippen molar-refractivity contribution in [3.63, 3.8) is 0 Å². The third kappa shape index (κ3) is 4.65. The Morgan fingerprint density at radius 3 is 2.59 bits per heavy atom. The molecule has 1 aliphatic rings. The maximum atomic E-state index is 12.4. The second-order valence-corrected chi connectivity index (χ2v) is 7.25. The molecule has 1 saturated heterocycles. The highest BCUT2D eigenvalue weighted by Crippen LogP contribution is 2.19. The van der Waals surface area contributed by atoms with Crippen LogP contribution in [0.2, 0.25) is 0 Å². The lowest BCUT2D eigenvalue weighted by atomic mass is 10.2. The van der Waals surface area contributed by atoms with E-state index in [9.17, 15) is 19.2 Å². The molecule has 10 heteroatoms. The molecule has 0 spiro atoms. The molecule has 0 aliphatic carbocycles. The molecule has 3 rings (SSSR count). The minimum atomic E-state index is -0.640. The molecule has 0 saturated carbocycles. The number of para-hydroxylation sites is 1. The van der Waals surface area contributed by atoms with Crippen molar-refractivity contribution in [3.8, 4) is 5.69 Å². The van der Waals surface area contributed by atoms with E-state index in [1.54, 1.807) is 18.5 Å². The zero-order valence-electron chi connectivity index (χ0n) is 16.0. The van der Waals surface area contributed by atoms with Gasteiger partial charge in [-0.3, -0.25) is 19.3 Å². The SMILES string of the molecule is Cc1nn(-c2ccccc2)c(C)c1C(=O)OCC(=O)NCCN1C(=O)CSC1=O. The number of amides is 3. The maximum absolute atomic E-state index is 12.4. The van der Waals surface area contributed by atoms with Gasteiger partial charge in [0.1, 0.15) is 5.56 Å². The minimum Gasteiger partial charge on any atom is -0.452 e. The van der Waals surface area contributed by atoms with E-state index in [0.29, 0.717) is 17.0 Å². The standard InChI is InChI=1S/C19H20N4O5S/c1-12-17(13(2)23(21-12)14-6-4-3-5-7-14)18(26)28-10-15(24)20-8-9-22-16(25)11-29-19(22)27/h3-7H,8-11H2,1-2H3,(H,20,24). The van der Waals surface area contributed by atoms with Gasteiger partial charge in [0, 0.05) is 13.1 Å². The van der Waals surface area contributed by atoms with Crippen LogP contribution in [0.25, 0.3) is 5.69 Å². The van der Waals surface area contributed by atoms with E-state index in [-0.39, 0.29) is 30.0 Å². The van der Waals surface area contributed by atoms with E-state index in [2.05, 4.69) is 10.4 Å². The second-order valence-electron chi connectivity index (χ2n) is 6.32. The molecule has 3 amide bonds. The summed E-state index contributed by atoms with van der Waals surface area (Å²) in [4.78, 5) is 48.4. The Balaban J connectivity index is 1.53. The molecule has 0 unspecified atom stereocenters. The van der Waals surface area contributed by atoms with Crippen LogP contribution in [0, 0.1) is 13.8 Å². The number of nitrogens with zero attached hydrogens (tertiary/aromatic N) is 3. The highest BCUT2D eigenvalue weighted by atomic mass is 32.2. The molecular formula is C19H20N4O5S. The summed E-state index contributed by atoms with van der Waals surface area (Å²) in [5.74, 6) is -1.31. The van der Waals surface area contributed by atoms with Crippen molar-refractivity contribution < 1.29 is 23.9 Å². The summed E-state index contributed by atoms with van der Waals surface area (Å²) in [5.41, 5.74) is 2.24. The molecular weight excluding hydrogens is 396 g/mol. The summed E-state index contributed by atoms with van der Waals surface area (Å²) in [6.45, 7) is 3.17. The van der Waals surface area contributed by atoms with Gasteiger partial charge in [-0.25, -0.2) is 9.48 Å². The van der Waals surface area contributed by atoms with Gasteiger partial charge >= 0.3 is 5.97 Å². The Bertz CT molecular complexity index is 941. The summed E-state index contributed by atoms with van der Waals surface area (Å²) in [7, 11) is 0. The first kappa shape index (κ1) is 20.6. The quantitative estimate of drug-likeness (QED) is 0.680. The summed E-state index contributed by atoms with van der Waals surface area (Å²) >= 11 is 0.935. The Kier molecular flexibility index (Phi) is 6.32. The number of ether oxygens (including phenoxy) is 1. The molecule has 29 heavy (non-hydrogen) atoms. The summed E-state index contributed by atoms with van der Waals surface area (Å²) < 4.78 is 6.76. The van der Waals surface area contributed by atoms with E-state index < -0.39 is 18.5 Å². The molecule has 1 aromatic heterocycles. The van der Waals surface area contributed by atoms with Crippen LogP contribution in [0.1, 0.15) is 21.7 Å². The van der Waals surface area contributed by atoms with Crippen LogP contribution in [-0.2, 0) is 14.3 Å². The van der Waals surface area contributed by atoms with Gasteiger partial charge in [0.25, 0.3) is 11.1 Å². The van der Waals surface area contributed by atoms with Crippen molar-refractivity contribution in [2.24, 2.45) is 0 Å². The molecule has 1 aromatic carbocycles. The molecule has 1 fully saturated rings. The van der Waals surface area contributed by atoms with Gasteiger partial charge in [0.15, 0.2) is 6.61 Å². The van der Waals surface area contributed by atoms with Gasteiger partial charge in [0.05, 0.1) is 22.8 Å². The van der Waals surface area contributed by atoms with Gasteiger partial charge in [-0.1, -0.05) is 30.0 Å². The fourth-order valence-electron chi connectivity index (χ4n) is 2.92.